The van der Waals surface area contributed by atoms with Crippen LogP contribution in [0.3, 0.4) is 0 Å². The van der Waals surface area contributed by atoms with Crippen LogP contribution in [0.5, 0.6) is 5.75 Å². The summed E-state index contributed by atoms with van der Waals surface area (Å²) < 4.78 is 6.74. The van der Waals surface area contributed by atoms with E-state index in [-0.39, 0.29) is 5.78 Å². The summed E-state index contributed by atoms with van der Waals surface area (Å²) in [6.45, 7) is 4.36. The van der Waals surface area contributed by atoms with E-state index in [0.29, 0.717) is 18.9 Å². The van der Waals surface area contributed by atoms with Crippen molar-refractivity contribution in [3.05, 3.63) is 12.4 Å². The lowest BCUT2D eigenvalue weighted by Crippen LogP contribution is -2.05. The van der Waals surface area contributed by atoms with Crippen LogP contribution >= 0.6 is 0 Å². The maximum absolute atomic E-state index is 10.7. The maximum Gasteiger partial charge on any atom is 0.157 e. The molecule has 0 atom stereocenters. The number of hydrogen-bond donors (Lipinski definition) is 0. The van der Waals surface area contributed by atoms with Crippen molar-refractivity contribution in [2.24, 2.45) is 0 Å². The lowest BCUT2D eigenvalue weighted by Gasteiger charge is -1.96. The first kappa shape index (κ1) is 8.77. The van der Waals surface area contributed by atoms with Crippen molar-refractivity contribution in [3.63, 3.8) is 0 Å². The number of carbonyl (C=O) groups is 1. The summed E-state index contributed by atoms with van der Waals surface area (Å²) in [5, 5.41) is 3.95. The number of Topliss-reactive ketones (excluding diaryl/α,β-unsaturated/α-hetero) is 1. The number of rotatable bonds is 4. The molecular formula is C8H12N2O2. The molecule has 0 spiro atoms. The summed E-state index contributed by atoms with van der Waals surface area (Å²) in [7, 11) is 0. The fourth-order valence-corrected chi connectivity index (χ4v) is 0.900. The van der Waals surface area contributed by atoms with Gasteiger partial charge >= 0.3 is 0 Å². The normalized spacial score (nSPS) is 9.83. The lowest BCUT2D eigenvalue weighted by atomic mass is 10.4. The van der Waals surface area contributed by atoms with E-state index in [1.165, 1.54) is 6.92 Å². The van der Waals surface area contributed by atoms with Gasteiger partial charge in [0, 0.05) is 0 Å². The third kappa shape index (κ3) is 2.38. The largest absolute Gasteiger partial charge is 0.491 e. The zero-order valence-corrected chi connectivity index (χ0v) is 7.28. The van der Waals surface area contributed by atoms with Crippen LogP contribution in [0.15, 0.2) is 12.4 Å². The van der Waals surface area contributed by atoms with Gasteiger partial charge in [0.15, 0.2) is 11.5 Å². The summed E-state index contributed by atoms with van der Waals surface area (Å²) in [6.07, 6.45) is 3.32. The van der Waals surface area contributed by atoms with Crippen LogP contribution in [-0.4, -0.2) is 22.2 Å². The van der Waals surface area contributed by atoms with Crippen LogP contribution < -0.4 is 4.74 Å². The number of carbonyl (C=O) groups excluding carboxylic acids is 1. The summed E-state index contributed by atoms with van der Waals surface area (Å²) in [5.41, 5.74) is 0. The Bertz CT molecular complexity index is 268. The minimum atomic E-state index is 0.0844. The zero-order valence-electron chi connectivity index (χ0n) is 7.28. The van der Waals surface area contributed by atoms with Crippen molar-refractivity contribution < 1.29 is 9.53 Å². The van der Waals surface area contributed by atoms with Gasteiger partial charge in [-0.1, -0.05) is 0 Å². The van der Waals surface area contributed by atoms with Crippen LogP contribution in [0.25, 0.3) is 0 Å². The van der Waals surface area contributed by atoms with Crippen molar-refractivity contribution in [3.8, 4) is 5.75 Å². The third-order valence-electron chi connectivity index (χ3n) is 1.31. The van der Waals surface area contributed by atoms with Gasteiger partial charge in [0.05, 0.1) is 25.5 Å². The Labute approximate surface area is 71.1 Å². The quantitative estimate of drug-likeness (QED) is 0.670. The molecule has 66 valence electrons. The van der Waals surface area contributed by atoms with Gasteiger partial charge in [0.1, 0.15) is 0 Å². The predicted octanol–water partition coefficient (Wildman–Crippen LogP) is 0.871. The van der Waals surface area contributed by atoms with Gasteiger partial charge in [-0.15, -0.1) is 0 Å². The molecule has 0 saturated heterocycles. The number of nitrogens with zero attached hydrogens (tertiary/aromatic N) is 2. The number of aromatic nitrogens is 2. The minimum absolute atomic E-state index is 0.0844. The minimum Gasteiger partial charge on any atom is -0.491 e. The average molecular weight is 168 g/mol. The second kappa shape index (κ2) is 3.90. The Balaban J connectivity index is 2.58. The molecule has 0 bridgehead atoms. The molecule has 0 fully saturated rings. The molecule has 12 heavy (non-hydrogen) atoms. The Morgan fingerprint density at radius 2 is 2.50 bits per heavy atom. The van der Waals surface area contributed by atoms with E-state index in [4.69, 9.17) is 4.74 Å². The van der Waals surface area contributed by atoms with Gasteiger partial charge in [0.25, 0.3) is 0 Å². The Hall–Kier alpha value is -1.32. The summed E-state index contributed by atoms with van der Waals surface area (Å²) in [4.78, 5) is 10.7. The number of hydrogen-bond acceptors (Lipinski definition) is 3. The highest BCUT2D eigenvalue weighted by Gasteiger charge is 1.99. The van der Waals surface area contributed by atoms with E-state index in [1.54, 1.807) is 17.1 Å². The molecule has 0 N–H and O–H groups in total. The second-order valence-corrected chi connectivity index (χ2v) is 2.51. The van der Waals surface area contributed by atoms with E-state index in [0.717, 1.165) is 0 Å². The Kier molecular flexibility index (Phi) is 2.85. The smallest absolute Gasteiger partial charge is 0.157 e. The van der Waals surface area contributed by atoms with Gasteiger partial charge in [-0.2, -0.15) is 5.10 Å². The van der Waals surface area contributed by atoms with Crippen LogP contribution in [0.1, 0.15) is 13.8 Å². The topological polar surface area (TPSA) is 44.1 Å². The average Bonchev–Trinajstić information content (AvgIpc) is 2.36. The van der Waals surface area contributed by atoms with Gasteiger partial charge < -0.3 is 4.74 Å². The highest BCUT2D eigenvalue weighted by molar-refractivity contribution is 5.75. The van der Waals surface area contributed by atoms with Gasteiger partial charge in [-0.05, 0) is 13.8 Å². The van der Waals surface area contributed by atoms with Crippen molar-refractivity contribution in [2.45, 2.75) is 20.4 Å². The van der Waals surface area contributed by atoms with E-state index < -0.39 is 0 Å². The van der Waals surface area contributed by atoms with Crippen LogP contribution in [0.4, 0.5) is 0 Å². The molecule has 0 saturated carbocycles. The fourth-order valence-electron chi connectivity index (χ4n) is 0.900. The van der Waals surface area contributed by atoms with E-state index in [2.05, 4.69) is 5.10 Å². The predicted molar refractivity (Wildman–Crippen MR) is 44.1 cm³/mol. The SMILES string of the molecule is CCOc1cnn(CC(C)=O)c1. The highest BCUT2D eigenvalue weighted by Crippen LogP contribution is 2.07. The molecule has 0 radical (unpaired) electrons. The van der Waals surface area contributed by atoms with Crippen LogP contribution in [0, 0.1) is 0 Å². The summed E-state index contributed by atoms with van der Waals surface area (Å²) in [5.74, 6) is 0.792. The molecule has 1 heterocycles. The molecule has 0 aliphatic carbocycles. The number of ketones is 1. The van der Waals surface area contributed by atoms with Crippen molar-refractivity contribution >= 4 is 5.78 Å². The highest BCUT2D eigenvalue weighted by atomic mass is 16.5. The summed E-state index contributed by atoms with van der Waals surface area (Å²) in [6, 6.07) is 0. The zero-order chi connectivity index (χ0) is 8.97. The first-order valence-electron chi connectivity index (χ1n) is 3.87. The van der Waals surface area contributed by atoms with Crippen molar-refractivity contribution in [1.82, 2.24) is 9.78 Å². The molecule has 1 aromatic heterocycles. The monoisotopic (exact) mass is 168 g/mol. The molecule has 0 unspecified atom stereocenters. The third-order valence-corrected chi connectivity index (χ3v) is 1.31. The molecule has 1 aromatic rings. The molecular weight excluding hydrogens is 156 g/mol. The molecule has 0 aliphatic heterocycles. The molecule has 0 amide bonds. The van der Waals surface area contributed by atoms with Crippen LogP contribution in [-0.2, 0) is 11.3 Å². The summed E-state index contributed by atoms with van der Waals surface area (Å²) >= 11 is 0. The number of ether oxygens (including phenoxy) is 1. The van der Waals surface area contributed by atoms with Crippen molar-refractivity contribution in [1.29, 1.82) is 0 Å². The molecule has 0 aromatic carbocycles. The Morgan fingerprint density at radius 1 is 1.75 bits per heavy atom. The molecule has 1 rings (SSSR count). The van der Waals surface area contributed by atoms with Crippen LogP contribution in [0.2, 0.25) is 0 Å². The lowest BCUT2D eigenvalue weighted by molar-refractivity contribution is -0.117. The first-order chi connectivity index (χ1) is 5.72. The van der Waals surface area contributed by atoms with Gasteiger partial charge in [0.2, 0.25) is 0 Å². The first-order valence-corrected chi connectivity index (χ1v) is 3.87. The molecule has 4 heteroatoms. The van der Waals surface area contributed by atoms with Gasteiger partial charge in [-0.25, -0.2) is 0 Å². The standard InChI is InChI=1S/C8H12N2O2/c1-3-12-8-4-9-10(6-8)5-7(2)11/h4,6H,3,5H2,1-2H3. The molecule has 4 nitrogen and oxygen atoms in total. The second-order valence-electron chi connectivity index (χ2n) is 2.51. The van der Waals surface area contributed by atoms with E-state index in [1.807, 2.05) is 6.92 Å². The van der Waals surface area contributed by atoms with Gasteiger partial charge in [-0.3, -0.25) is 9.48 Å². The Morgan fingerprint density at radius 3 is 3.08 bits per heavy atom. The molecule has 0 aliphatic rings. The van der Waals surface area contributed by atoms with E-state index >= 15 is 0 Å². The van der Waals surface area contributed by atoms with Crippen molar-refractivity contribution in [2.75, 3.05) is 6.61 Å². The maximum atomic E-state index is 10.7. The fraction of sp³-hybridized carbons (Fsp3) is 0.500. The van der Waals surface area contributed by atoms with E-state index in [9.17, 15) is 4.79 Å².